The van der Waals surface area contributed by atoms with Gasteiger partial charge in [-0.15, -0.1) is 0 Å². The lowest BCUT2D eigenvalue weighted by Crippen LogP contribution is -2.34. The van der Waals surface area contributed by atoms with Crippen LogP contribution in [0.4, 0.5) is 0 Å². The molecule has 0 unspecified atom stereocenters. The first-order valence-corrected chi connectivity index (χ1v) is 16.5. The van der Waals surface area contributed by atoms with Crippen LogP contribution in [0.1, 0.15) is 27.8 Å². The Morgan fingerprint density at radius 1 is 0.480 bits per heavy atom. The Hall–Kier alpha value is -6.90. The largest absolute Gasteiger partial charge is 0.457 e. The van der Waals surface area contributed by atoms with Gasteiger partial charge in [-0.25, -0.2) is 15.0 Å². The predicted octanol–water partition coefficient (Wildman–Crippen LogP) is 10.4. The molecule has 0 atom stereocenters. The fraction of sp³-hybridized carbons (Fsp3) is 0.0222. The first kappa shape index (κ1) is 29.3. The number of fused-ring (bicyclic) bond motifs is 3. The summed E-state index contributed by atoms with van der Waals surface area (Å²) in [4.78, 5) is 15.1. The summed E-state index contributed by atoms with van der Waals surface area (Å²) in [5.74, 6) is 3.15. The summed E-state index contributed by atoms with van der Waals surface area (Å²) in [5.41, 5.74) is 6.89. The lowest BCUT2D eigenvalue weighted by Gasteiger charge is -2.41. The molecular weight excluding hydrogens is 613 g/mol. The Kier molecular flexibility index (Phi) is 7.00. The molecule has 234 valence electrons. The fourth-order valence-corrected chi connectivity index (χ4v) is 7.22. The number of aromatic nitrogens is 3. The average molecular weight is 641 g/mol. The molecular formula is C45H28N4O. The maximum Gasteiger partial charge on any atom is 0.164 e. The van der Waals surface area contributed by atoms with E-state index in [0.29, 0.717) is 23.0 Å². The lowest BCUT2D eigenvalue weighted by atomic mass is 9.63. The molecule has 7 aromatic carbocycles. The molecule has 0 radical (unpaired) electrons. The Bertz CT molecular complexity index is 2530. The number of nitriles is 1. The molecule has 2 heterocycles. The molecule has 1 aromatic heterocycles. The van der Waals surface area contributed by atoms with Gasteiger partial charge in [-0.2, -0.15) is 5.26 Å². The summed E-state index contributed by atoms with van der Waals surface area (Å²) < 4.78 is 6.75. The van der Waals surface area contributed by atoms with E-state index in [0.717, 1.165) is 61.2 Å². The van der Waals surface area contributed by atoms with Crippen molar-refractivity contribution in [2.24, 2.45) is 0 Å². The van der Waals surface area contributed by atoms with Gasteiger partial charge in [0.05, 0.1) is 17.0 Å². The van der Waals surface area contributed by atoms with Crippen molar-refractivity contribution in [2.75, 3.05) is 0 Å². The summed E-state index contributed by atoms with van der Waals surface area (Å²) in [6.07, 6.45) is 0. The second-order valence-electron chi connectivity index (χ2n) is 12.3. The zero-order valence-electron chi connectivity index (χ0n) is 26.9. The number of benzene rings is 7. The molecule has 1 aliphatic heterocycles. The maximum atomic E-state index is 9.42. The van der Waals surface area contributed by atoms with Crippen molar-refractivity contribution in [3.05, 3.63) is 198 Å². The SMILES string of the molecule is N#Cc1ccc(-c2nc(-c3ccc4c(c3)Oc3ccccc3C4(c3ccccc3)c3ccccc3)nc(-c3cccc4ccccc34)n2)cc1. The summed E-state index contributed by atoms with van der Waals surface area (Å²) in [5, 5.41) is 11.6. The zero-order valence-corrected chi connectivity index (χ0v) is 26.9. The molecule has 0 aliphatic carbocycles. The molecule has 9 rings (SSSR count). The highest BCUT2D eigenvalue weighted by atomic mass is 16.5. The Labute approximate surface area is 289 Å². The first-order valence-electron chi connectivity index (χ1n) is 16.5. The van der Waals surface area contributed by atoms with E-state index in [4.69, 9.17) is 19.7 Å². The topological polar surface area (TPSA) is 71.7 Å². The van der Waals surface area contributed by atoms with Crippen LogP contribution in [0.2, 0.25) is 0 Å². The van der Waals surface area contributed by atoms with Crippen LogP contribution in [0, 0.1) is 11.3 Å². The van der Waals surface area contributed by atoms with Gasteiger partial charge in [0.25, 0.3) is 0 Å². The van der Waals surface area contributed by atoms with Crippen LogP contribution in [0.5, 0.6) is 11.5 Å². The van der Waals surface area contributed by atoms with E-state index in [2.05, 4.69) is 115 Å². The monoisotopic (exact) mass is 640 g/mol. The van der Waals surface area contributed by atoms with Crippen LogP contribution in [0.25, 0.3) is 44.9 Å². The number of nitrogens with zero attached hydrogens (tertiary/aromatic N) is 4. The molecule has 8 aromatic rings. The van der Waals surface area contributed by atoms with Gasteiger partial charge < -0.3 is 4.74 Å². The van der Waals surface area contributed by atoms with Crippen molar-refractivity contribution in [1.82, 2.24) is 15.0 Å². The van der Waals surface area contributed by atoms with Gasteiger partial charge in [-0.3, -0.25) is 0 Å². The minimum atomic E-state index is -0.619. The van der Waals surface area contributed by atoms with Crippen molar-refractivity contribution >= 4 is 10.8 Å². The number of hydrogen-bond acceptors (Lipinski definition) is 5. The molecule has 0 fully saturated rings. The van der Waals surface area contributed by atoms with E-state index in [9.17, 15) is 5.26 Å². The highest BCUT2D eigenvalue weighted by molar-refractivity contribution is 5.95. The van der Waals surface area contributed by atoms with Gasteiger partial charge in [0.2, 0.25) is 0 Å². The lowest BCUT2D eigenvalue weighted by molar-refractivity contribution is 0.434. The minimum absolute atomic E-state index is 0.523. The number of para-hydroxylation sites is 1. The van der Waals surface area contributed by atoms with Gasteiger partial charge in [0.15, 0.2) is 17.5 Å². The summed E-state index contributed by atoms with van der Waals surface area (Å²) in [6.45, 7) is 0. The third kappa shape index (κ3) is 4.74. The Balaban J connectivity index is 1.28. The third-order valence-corrected chi connectivity index (χ3v) is 9.51. The predicted molar refractivity (Wildman–Crippen MR) is 197 cm³/mol. The van der Waals surface area contributed by atoms with E-state index in [1.807, 2.05) is 48.5 Å². The molecule has 5 nitrogen and oxygen atoms in total. The van der Waals surface area contributed by atoms with Crippen LogP contribution in [0.3, 0.4) is 0 Å². The van der Waals surface area contributed by atoms with E-state index in [1.54, 1.807) is 12.1 Å². The molecule has 0 spiro atoms. The first-order chi connectivity index (χ1) is 24.7. The molecule has 0 amide bonds. The van der Waals surface area contributed by atoms with Crippen molar-refractivity contribution in [3.8, 4) is 51.7 Å². The van der Waals surface area contributed by atoms with Gasteiger partial charge in [-0.05, 0) is 58.3 Å². The normalized spacial score (nSPS) is 12.7. The van der Waals surface area contributed by atoms with Gasteiger partial charge in [0.1, 0.15) is 11.5 Å². The second-order valence-corrected chi connectivity index (χ2v) is 12.3. The summed E-state index contributed by atoms with van der Waals surface area (Å²) >= 11 is 0. The molecule has 0 saturated heterocycles. The third-order valence-electron chi connectivity index (χ3n) is 9.51. The molecule has 1 aliphatic rings. The molecule has 5 heteroatoms. The molecule has 50 heavy (non-hydrogen) atoms. The van der Waals surface area contributed by atoms with Crippen LogP contribution in [0.15, 0.2) is 170 Å². The van der Waals surface area contributed by atoms with Gasteiger partial charge >= 0.3 is 0 Å². The smallest absolute Gasteiger partial charge is 0.164 e. The Morgan fingerprint density at radius 3 is 1.80 bits per heavy atom. The fourth-order valence-electron chi connectivity index (χ4n) is 7.22. The summed E-state index contributed by atoms with van der Waals surface area (Å²) in [6, 6.07) is 59.8. The van der Waals surface area contributed by atoms with Crippen LogP contribution in [-0.2, 0) is 5.41 Å². The van der Waals surface area contributed by atoms with Crippen LogP contribution in [-0.4, -0.2) is 15.0 Å². The van der Waals surface area contributed by atoms with Crippen LogP contribution >= 0.6 is 0 Å². The Morgan fingerprint density at radius 2 is 1.06 bits per heavy atom. The van der Waals surface area contributed by atoms with Gasteiger partial charge in [0, 0.05) is 27.8 Å². The standard InChI is InChI=1S/C45H28N4O/c46-29-30-22-24-32(25-23-30)42-47-43(49-44(48-42)37-19-11-13-31-12-7-8-18-36(31)37)33-26-27-39-41(28-33)50-40-21-10-9-20-38(40)45(39,34-14-3-1-4-15-34)35-16-5-2-6-17-35/h1-28H. The van der Waals surface area contributed by atoms with Crippen molar-refractivity contribution in [1.29, 1.82) is 5.26 Å². The maximum absolute atomic E-state index is 9.42. The molecule has 0 N–H and O–H groups in total. The zero-order chi connectivity index (χ0) is 33.5. The van der Waals surface area contributed by atoms with Crippen molar-refractivity contribution in [2.45, 2.75) is 5.41 Å². The highest BCUT2D eigenvalue weighted by Gasteiger charge is 2.45. The minimum Gasteiger partial charge on any atom is -0.457 e. The van der Waals surface area contributed by atoms with Crippen LogP contribution < -0.4 is 4.74 Å². The van der Waals surface area contributed by atoms with E-state index in [-0.39, 0.29) is 0 Å². The summed E-state index contributed by atoms with van der Waals surface area (Å²) in [7, 11) is 0. The number of ether oxygens (including phenoxy) is 1. The molecule has 0 saturated carbocycles. The number of rotatable bonds is 5. The molecule has 0 bridgehead atoms. The number of hydrogen-bond donors (Lipinski definition) is 0. The second kappa shape index (κ2) is 12.0. The van der Waals surface area contributed by atoms with Crippen molar-refractivity contribution in [3.63, 3.8) is 0 Å². The highest BCUT2D eigenvalue weighted by Crippen LogP contribution is 2.55. The van der Waals surface area contributed by atoms with Crippen molar-refractivity contribution < 1.29 is 4.74 Å². The van der Waals surface area contributed by atoms with E-state index >= 15 is 0 Å². The average Bonchev–Trinajstić information content (AvgIpc) is 3.20. The van der Waals surface area contributed by atoms with E-state index < -0.39 is 5.41 Å². The van der Waals surface area contributed by atoms with Gasteiger partial charge in [-0.1, -0.05) is 133 Å². The quantitative estimate of drug-likeness (QED) is 0.187. The van der Waals surface area contributed by atoms with E-state index in [1.165, 1.54) is 0 Å².